The van der Waals surface area contributed by atoms with Gasteiger partial charge in [-0.1, -0.05) is 72.0 Å². The van der Waals surface area contributed by atoms with Gasteiger partial charge >= 0.3 is 0 Å². The summed E-state index contributed by atoms with van der Waals surface area (Å²) in [7, 11) is 0. The summed E-state index contributed by atoms with van der Waals surface area (Å²) in [5.41, 5.74) is 2.81. The van der Waals surface area contributed by atoms with Gasteiger partial charge in [-0.3, -0.25) is 14.9 Å². The molecule has 0 radical (unpaired) electrons. The molecule has 0 aliphatic carbocycles. The SMILES string of the molecule is O=C(C(c1ccccc1)c1ccccc1)N1CCN(c2nc3ccc([N+](=O)[O-])cc3s2)CC1. The number of anilines is 1. The van der Waals surface area contributed by atoms with Gasteiger partial charge in [-0.25, -0.2) is 4.98 Å². The zero-order valence-electron chi connectivity index (χ0n) is 17.8. The van der Waals surface area contributed by atoms with Crippen molar-refractivity contribution in [2.45, 2.75) is 5.92 Å². The van der Waals surface area contributed by atoms with Crippen molar-refractivity contribution in [3.8, 4) is 0 Å². The Bertz CT molecular complexity index is 1250. The Labute approximate surface area is 195 Å². The fraction of sp³-hybridized carbons (Fsp3) is 0.200. The van der Waals surface area contributed by atoms with Crippen molar-refractivity contribution >= 4 is 38.3 Å². The number of fused-ring (bicyclic) bond motifs is 1. The minimum Gasteiger partial charge on any atom is -0.345 e. The van der Waals surface area contributed by atoms with Crippen LogP contribution in [0.15, 0.2) is 78.9 Å². The molecule has 1 aliphatic heterocycles. The van der Waals surface area contributed by atoms with E-state index in [1.54, 1.807) is 12.1 Å². The number of carbonyl (C=O) groups is 1. The smallest absolute Gasteiger partial charge is 0.270 e. The molecule has 0 N–H and O–H groups in total. The molecule has 0 atom stereocenters. The van der Waals surface area contributed by atoms with Crippen LogP contribution < -0.4 is 4.90 Å². The van der Waals surface area contributed by atoms with Crippen molar-refractivity contribution in [2.75, 3.05) is 31.1 Å². The molecule has 0 bridgehead atoms. The number of nitro groups is 1. The molecule has 0 spiro atoms. The van der Waals surface area contributed by atoms with Gasteiger partial charge in [0.15, 0.2) is 5.13 Å². The molecule has 166 valence electrons. The zero-order chi connectivity index (χ0) is 22.8. The highest BCUT2D eigenvalue weighted by atomic mass is 32.1. The second kappa shape index (κ2) is 8.99. The summed E-state index contributed by atoms with van der Waals surface area (Å²) in [4.78, 5) is 33.0. The molecular weight excluding hydrogens is 436 g/mol. The van der Waals surface area contributed by atoms with Crippen LogP contribution in [0.5, 0.6) is 0 Å². The first-order valence-corrected chi connectivity index (χ1v) is 11.6. The number of non-ortho nitro benzene ring substituents is 1. The van der Waals surface area contributed by atoms with Crippen molar-refractivity contribution in [3.05, 3.63) is 100 Å². The first kappa shape index (κ1) is 21.1. The Morgan fingerprint density at radius 1 is 0.909 bits per heavy atom. The predicted molar refractivity (Wildman–Crippen MR) is 130 cm³/mol. The van der Waals surface area contributed by atoms with Crippen LogP contribution in [-0.4, -0.2) is 46.9 Å². The summed E-state index contributed by atoms with van der Waals surface area (Å²) in [6.45, 7) is 2.55. The molecule has 2 heterocycles. The molecule has 1 saturated heterocycles. The lowest BCUT2D eigenvalue weighted by Gasteiger charge is -2.36. The van der Waals surface area contributed by atoms with Crippen molar-refractivity contribution in [1.29, 1.82) is 0 Å². The molecule has 4 aromatic rings. The standard InChI is InChI=1S/C25H22N4O3S/c30-24(23(18-7-3-1-4-8-18)19-9-5-2-6-10-19)27-13-15-28(16-14-27)25-26-21-12-11-20(29(31)32)17-22(21)33-25/h1-12,17,23H,13-16H2. The monoisotopic (exact) mass is 458 g/mol. The van der Waals surface area contributed by atoms with Gasteiger partial charge in [-0.2, -0.15) is 0 Å². The van der Waals surface area contributed by atoms with Crippen LogP contribution in [0.25, 0.3) is 10.2 Å². The van der Waals surface area contributed by atoms with E-state index < -0.39 is 0 Å². The molecule has 1 fully saturated rings. The maximum atomic E-state index is 13.6. The van der Waals surface area contributed by atoms with Gasteiger partial charge in [0.1, 0.15) is 0 Å². The molecule has 33 heavy (non-hydrogen) atoms. The van der Waals surface area contributed by atoms with Crippen LogP contribution >= 0.6 is 11.3 Å². The summed E-state index contributed by atoms with van der Waals surface area (Å²) in [5, 5.41) is 11.9. The van der Waals surface area contributed by atoms with E-state index in [0.717, 1.165) is 26.5 Å². The number of carbonyl (C=O) groups excluding carboxylic acids is 1. The Morgan fingerprint density at radius 2 is 1.52 bits per heavy atom. The number of nitrogens with zero attached hydrogens (tertiary/aromatic N) is 4. The molecule has 7 nitrogen and oxygen atoms in total. The third kappa shape index (κ3) is 4.29. The van der Waals surface area contributed by atoms with E-state index in [1.807, 2.05) is 65.6 Å². The van der Waals surface area contributed by atoms with Crippen molar-refractivity contribution in [1.82, 2.24) is 9.88 Å². The highest BCUT2D eigenvalue weighted by molar-refractivity contribution is 7.22. The Balaban J connectivity index is 1.33. The number of benzene rings is 3. The number of nitro benzene ring substituents is 1. The lowest BCUT2D eigenvalue weighted by atomic mass is 9.90. The third-order valence-electron chi connectivity index (χ3n) is 5.95. The number of piperazine rings is 1. The number of amides is 1. The van der Waals surface area contributed by atoms with Gasteiger partial charge in [0.25, 0.3) is 5.69 Å². The largest absolute Gasteiger partial charge is 0.345 e. The maximum Gasteiger partial charge on any atom is 0.270 e. The average molecular weight is 459 g/mol. The molecule has 0 saturated carbocycles. The summed E-state index contributed by atoms with van der Waals surface area (Å²) < 4.78 is 0.797. The quantitative estimate of drug-likeness (QED) is 0.320. The van der Waals surface area contributed by atoms with Gasteiger partial charge in [-0.15, -0.1) is 0 Å². The lowest BCUT2D eigenvalue weighted by Crippen LogP contribution is -2.50. The van der Waals surface area contributed by atoms with E-state index in [1.165, 1.54) is 17.4 Å². The van der Waals surface area contributed by atoms with Crippen LogP contribution in [0, 0.1) is 10.1 Å². The first-order valence-electron chi connectivity index (χ1n) is 10.8. The number of hydrogen-bond donors (Lipinski definition) is 0. The van der Waals surface area contributed by atoms with Crippen LogP contribution in [0.2, 0.25) is 0 Å². The van der Waals surface area contributed by atoms with E-state index in [0.29, 0.717) is 26.2 Å². The van der Waals surface area contributed by atoms with E-state index in [4.69, 9.17) is 0 Å². The minimum absolute atomic E-state index is 0.0704. The fourth-order valence-corrected chi connectivity index (χ4v) is 5.27. The predicted octanol–water partition coefficient (Wildman–Crippen LogP) is 4.69. The molecule has 8 heteroatoms. The summed E-state index contributed by atoms with van der Waals surface area (Å²) in [5.74, 6) is -0.228. The van der Waals surface area contributed by atoms with Gasteiger partial charge in [-0.05, 0) is 17.2 Å². The summed E-state index contributed by atoms with van der Waals surface area (Å²) in [6, 6.07) is 24.6. The average Bonchev–Trinajstić information content (AvgIpc) is 3.29. The minimum atomic E-state index is -0.390. The molecule has 1 aliphatic rings. The van der Waals surface area contributed by atoms with Gasteiger partial charge in [0.05, 0.1) is 21.1 Å². The number of hydrogen-bond acceptors (Lipinski definition) is 6. The second-order valence-electron chi connectivity index (χ2n) is 7.97. The van der Waals surface area contributed by atoms with Crippen molar-refractivity contribution < 1.29 is 9.72 Å². The Kier molecular flexibility index (Phi) is 5.75. The van der Waals surface area contributed by atoms with Crippen molar-refractivity contribution in [3.63, 3.8) is 0 Å². The second-order valence-corrected chi connectivity index (χ2v) is 8.98. The van der Waals surface area contributed by atoms with E-state index in [-0.39, 0.29) is 22.4 Å². The first-order chi connectivity index (χ1) is 16.1. The highest BCUT2D eigenvalue weighted by Gasteiger charge is 2.30. The normalized spacial score (nSPS) is 14.1. The number of thiazole rings is 1. The molecular formula is C25H22N4O3S. The number of rotatable bonds is 5. The lowest BCUT2D eigenvalue weighted by molar-refractivity contribution is -0.384. The molecule has 3 aromatic carbocycles. The van der Waals surface area contributed by atoms with Crippen molar-refractivity contribution in [2.24, 2.45) is 0 Å². The van der Waals surface area contributed by atoms with Gasteiger partial charge in [0, 0.05) is 38.3 Å². The highest BCUT2D eigenvalue weighted by Crippen LogP contribution is 2.33. The van der Waals surface area contributed by atoms with Gasteiger partial charge < -0.3 is 9.80 Å². The van der Waals surface area contributed by atoms with Crippen LogP contribution in [0.3, 0.4) is 0 Å². The summed E-state index contributed by atoms with van der Waals surface area (Å²) >= 11 is 1.45. The Morgan fingerprint density at radius 3 is 2.09 bits per heavy atom. The number of aromatic nitrogens is 1. The van der Waals surface area contributed by atoms with Gasteiger partial charge in [0.2, 0.25) is 5.91 Å². The fourth-order valence-electron chi connectivity index (χ4n) is 4.22. The van der Waals surface area contributed by atoms with E-state index >= 15 is 0 Å². The molecule has 5 rings (SSSR count). The van der Waals surface area contributed by atoms with E-state index in [9.17, 15) is 14.9 Å². The molecule has 0 unspecified atom stereocenters. The van der Waals surface area contributed by atoms with Crippen LogP contribution in [-0.2, 0) is 4.79 Å². The summed E-state index contributed by atoms with van der Waals surface area (Å²) in [6.07, 6.45) is 0. The molecule has 1 aromatic heterocycles. The third-order valence-corrected chi connectivity index (χ3v) is 7.03. The van der Waals surface area contributed by atoms with E-state index in [2.05, 4.69) is 9.88 Å². The van der Waals surface area contributed by atoms with Crippen LogP contribution in [0.1, 0.15) is 17.0 Å². The van der Waals surface area contributed by atoms with Crippen LogP contribution in [0.4, 0.5) is 10.8 Å². The maximum absolute atomic E-state index is 13.6. The molecule has 1 amide bonds. The Hall–Kier alpha value is -3.78. The zero-order valence-corrected chi connectivity index (χ0v) is 18.6. The topological polar surface area (TPSA) is 79.6 Å².